The van der Waals surface area contributed by atoms with Gasteiger partial charge in [0.1, 0.15) is 17.7 Å². The number of aromatic nitrogens is 3. The van der Waals surface area contributed by atoms with E-state index in [0.29, 0.717) is 23.1 Å². The number of anilines is 1. The molecule has 3 fully saturated rings. The summed E-state index contributed by atoms with van der Waals surface area (Å²) in [5, 5.41) is 22.7. The highest BCUT2D eigenvalue weighted by Gasteiger charge is 2.48. The van der Waals surface area contributed by atoms with Crippen LogP contribution in [-0.4, -0.2) is 50.2 Å². The lowest BCUT2D eigenvalue weighted by atomic mass is 9.95. The number of hydrogen-bond acceptors (Lipinski definition) is 6. The van der Waals surface area contributed by atoms with Crippen LogP contribution in [-0.2, 0) is 7.05 Å². The zero-order valence-electron chi connectivity index (χ0n) is 19.4. The molecule has 4 heterocycles. The summed E-state index contributed by atoms with van der Waals surface area (Å²) in [6.07, 6.45) is 5.21. The minimum atomic E-state index is -0.962. The molecule has 6 rings (SSSR count). The van der Waals surface area contributed by atoms with Crippen LogP contribution in [0.1, 0.15) is 32.1 Å². The fourth-order valence-corrected chi connectivity index (χ4v) is 5.54. The predicted octanol–water partition coefficient (Wildman–Crippen LogP) is 3.55. The van der Waals surface area contributed by atoms with E-state index < -0.39 is 12.0 Å². The van der Waals surface area contributed by atoms with E-state index in [0.717, 1.165) is 32.1 Å². The van der Waals surface area contributed by atoms with Crippen LogP contribution in [0.4, 0.5) is 14.6 Å². The molecule has 3 aromatic rings. The second-order valence-electron chi connectivity index (χ2n) is 9.92. The van der Waals surface area contributed by atoms with Gasteiger partial charge in [-0.05, 0) is 68.0 Å². The van der Waals surface area contributed by atoms with Gasteiger partial charge in [0.2, 0.25) is 0 Å². The lowest BCUT2D eigenvalue weighted by Gasteiger charge is -2.41. The number of alkyl halides is 1. The molecule has 2 bridgehead atoms. The number of phenols is 1. The number of piperidine rings is 1. The average molecular weight is 480 g/mol. The average Bonchev–Trinajstić information content (AvgIpc) is 3.60. The van der Waals surface area contributed by atoms with Crippen LogP contribution in [0.2, 0.25) is 0 Å². The van der Waals surface area contributed by atoms with E-state index in [9.17, 15) is 14.3 Å². The Labute approximate surface area is 201 Å². The number of halogens is 2. The molecule has 0 amide bonds. The smallest absolute Gasteiger partial charge is 0.250 e. The maximum atomic E-state index is 15.3. The van der Waals surface area contributed by atoms with Crippen molar-refractivity contribution in [3.8, 4) is 28.1 Å². The van der Waals surface area contributed by atoms with Crippen molar-refractivity contribution < 1.29 is 13.9 Å². The summed E-state index contributed by atoms with van der Waals surface area (Å²) in [6.45, 7) is 0. The number of nitrogens with zero attached hydrogens (tertiary/aromatic N) is 4. The Bertz CT molecular complexity index is 1320. The van der Waals surface area contributed by atoms with E-state index in [1.165, 1.54) is 22.8 Å². The minimum absolute atomic E-state index is 0.101. The highest BCUT2D eigenvalue weighted by Crippen LogP contribution is 2.40. The van der Waals surface area contributed by atoms with E-state index in [2.05, 4.69) is 20.4 Å². The monoisotopic (exact) mass is 479 g/mol. The maximum absolute atomic E-state index is 15.3. The van der Waals surface area contributed by atoms with Gasteiger partial charge in [-0.15, -0.1) is 10.2 Å². The van der Waals surface area contributed by atoms with Crippen LogP contribution >= 0.6 is 0 Å². The summed E-state index contributed by atoms with van der Waals surface area (Å²) < 4.78 is 31.7. The Morgan fingerprint density at radius 1 is 1.09 bits per heavy atom. The number of benzene rings is 1. The van der Waals surface area contributed by atoms with Crippen molar-refractivity contribution in [2.45, 2.75) is 62.4 Å². The van der Waals surface area contributed by atoms with E-state index in [4.69, 9.17) is 0 Å². The topological polar surface area (TPSA) is 83.3 Å². The van der Waals surface area contributed by atoms with Gasteiger partial charge >= 0.3 is 0 Å². The van der Waals surface area contributed by atoms with Crippen molar-refractivity contribution in [1.82, 2.24) is 20.1 Å². The number of aryl methyl sites for hydroxylation is 1. The van der Waals surface area contributed by atoms with Crippen molar-refractivity contribution in [2.24, 2.45) is 7.05 Å². The first-order chi connectivity index (χ1) is 16.9. The lowest BCUT2D eigenvalue weighted by molar-refractivity contribution is 0.171. The number of phenolic OH excluding ortho intramolecular Hbond substituents is 1. The van der Waals surface area contributed by atoms with Crippen LogP contribution in [0.15, 0.2) is 47.4 Å². The molecule has 7 nitrogen and oxygen atoms in total. The summed E-state index contributed by atoms with van der Waals surface area (Å²) in [5.74, 6) is -0.133. The largest absolute Gasteiger partial charge is 0.507 e. The Hall–Kier alpha value is -3.33. The zero-order chi connectivity index (χ0) is 24.3. The van der Waals surface area contributed by atoms with Gasteiger partial charge in [-0.3, -0.25) is 4.79 Å². The molecule has 2 N–H and O–H groups in total. The Balaban J connectivity index is 1.29. The summed E-state index contributed by atoms with van der Waals surface area (Å²) in [6, 6.07) is 9.18. The van der Waals surface area contributed by atoms with Crippen LogP contribution < -0.4 is 15.8 Å². The van der Waals surface area contributed by atoms with Crippen LogP contribution in [0, 0.1) is 5.82 Å². The fraction of sp³-hybridized carbons (Fsp3) is 0.423. The molecule has 2 aliphatic heterocycles. The Kier molecular flexibility index (Phi) is 5.32. The van der Waals surface area contributed by atoms with E-state index in [1.54, 1.807) is 31.4 Å². The van der Waals surface area contributed by atoms with Crippen molar-refractivity contribution in [3.63, 3.8) is 0 Å². The quantitative estimate of drug-likeness (QED) is 0.583. The molecule has 4 atom stereocenters. The van der Waals surface area contributed by atoms with Crippen LogP contribution in [0.5, 0.6) is 5.75 Å². The number of fused-ring (bicyclic) bond motifs is 2. The molecule has 1 aliphatic carbocycles. The predicted molar refractivity (Wildman–Crippen MR) is 129 cm³/mol. The summed E-state index contributed by atoms with van der Waals surface area (Å²) in [5.41, 5.74) is 0.757. The van der Waals surface area contributed by atoms with Gasteiger partial charge in [0.25, 0.3) is 5.56 Å². The second-order valence-corrected chi connectivity index (χ2v) is 9.92. The third kappa shape index (κ3) is 3.97. The second kappa shape index (κ2) is 8.41. The lowest BCUT2D eigenvalue weighted by Crippen LogP contribution is -2.57. The Morgan fingerprint density at radius 2 is 1.91 bits per heavy atom. The molecule has 35 heavy (non-hydrogen) atoms. The number of rotatable bonds is 5. The highest BCUT2D eigenvalue weighted by atomic mass is 19.1. The van der Waals surface area contributed by atoms with Gasteiger partial charge < -0.3 is 19.9 Å². The molecular formula is C26H27F2N5O2. The van der Waals surface area contributed by atoms with Crippen molar-refractivity contribution in [2.75, 3.05) is 4.90 Å². The summed E-state index contributed by atoms with van der Waals surface area (Å²) in [4.78, 5) is 14.0. The summed E-state index contributed by atoms with van der Waals surface area (Å²) >= 11 is 0. The van der Waals surface area contributed by atoms with Gasteiger partial charge in [-0.25, -0.2) is 8.78 Å². The third-order valence-electron chi connectivity index (χ3n) is 7.54. The van der Waals surface area contributed by atoms with Crippen molar-refractivity contribution in [3.05, 3.63) is 58.8 Å². The van der Waals surface area contributed by atoms with E-state index in [1.807, 2.05) is 0 Å². The van der Waals surface area contributed by atoms with Gasteiger partial charge in [0, 0.05) is 48.6 Å². The molecule has 2 unspecified atom stereocenters. The first-order valence-electron chi connectivity index (χ1n) is 12.1. The van der Waals surface area contributed by atoms with E-state index >= 15 is 4.39 Å². The first-order valence-corrected chi connectivity index (χ1v) is 12.1. The number of aromatic hydroxyl groups is 1. The van der Waals surface area contributed by atoms with Gasteiger partial charge in [-0.2, -0.15) is 0 Å². The molecule has 3 aliphatic rings. The number of nitrogens with one attached hydrogen (secondary N) is 1. The maximum Gasteiger partial charge on any atom is 0.250 e. The van der Waals surface area contributed by atoms with Crippen molar-refractivity contribution >= 4 is 5.82 Å². The molecule has 1 aromatic carbocycles. The first kappa shape index (κ1) is 22.2. The normalized spacial score (nSPS) is 25.6. The standard InChI is InChI=1S/C26H27F2N5O2/c1-32-9-8-14(10-25(32)35)17-13-23(34)18(12-19(17)27)20-6-7-24(31-30-20)33(16-3-4-16)22-11-15-2-5-21(29-15)26(22)28/h6-10,12-13,15-16,21-22,26,29,34H,2-5,11H2,1H3/t15-,21+,22?,26?/m1/s1. The van der Waals surface area contributed by atoms with Gasteiger partial charge in [0.15, 0.2) is 5.82 Å². The fourth-order valence-electron chi connectivity index (χ4n) is 5.54. The molecule has 1 saturated carbocycles. The molecule has 0 radical (unpaired) electrons. The molecular weight excluding hydrogens is 452 g/mol. The highest BCUT2D eigenvalue weighted by molar-refractivity contribution is 5.75. The van der Waals surface area contributed by atoms with Crippen LogP contribution in [0.3, 0.4) is 0 Å². The van der Waals surface area contributed by atoms with Gasteiger partial charge in [0.05, 0.1) is 11.7 Å². The van der Waals surface area contributed by atoms with Gasteiger partial charge in [-0.1, -0.05) is 0 Å². The molecule has 0 spiro atoms. The molecule has 182 valence electrons. The number of pyridine rings is 1. The van der Waals surface area contributed by atoms with Crippen molar-refractivity contribution in [1.29, 1.82) is 0 Å². The minimum Gasteiger partial charge on any atom is -0.507 e. The third-order valence-corrected chi connectivity index (χ3v) is 7.54. The number of hydrogen-bond donors (Lipinski definition) is 2. The molecule has 2 saturated heterocycles. The zero-order valence-corrected chi connectivity index (χ0v) is 19.4. The molecule has 2 aromatic heterocycles. The molecule has 9 heteroatoms. The SMILES string of the molecule is Cn1ccc(-c2cc(O)c(-c3ccc(N(C4CC4)C4C[C@H]5CC[C@H](N5)C4F)nn3)cc2F)cc1=O. The van der Waals surface area contributed by atoms with Crippen LogP contribution in [0.25, 0.3) is 22.4 Å². The van der Waals surface area contributed by atoms with E-state index in [-0.39, 0.29) is 40.6 Å². The summed E-state index contributed by atoms with van der Waals surface area (Å²) in [7, 11) is 1.61. The Morgan fingerprint density at radius 3 is 2.63 bits per heavy atom.